The zero-order valence-electron chi connectivity index (χ0n) is 15.3. The molecule has 0 fully saturated rings. The molecule has 6 nitrogen and oxygen atoms in total. The number of fused-ring (bicyclic) bond motifs is 3. The highest BCUT2D eigenvalue weighted by Gasteiger charge is 2.32. The Bertz CT molecular complexity index is 906. The number of hydrogen-bond acceptors (Lipinski definition) is 4. The number of hydrogen-bond donors (Lipinski definition) is 0. The first-order valence-electron chi connectivity index (χ1n) is 9.36. The van der Waals surface area contributed by atoms with E-state index in [2.05, 4.69) is 9.55 Å². The molecule has 2 aromatic heterocycles. The van der Waals surface area contributed by atoms with Crippen molar-refractivity contribution >= 4 is 29.3 Å². The Morgan fingerprint density at radius 3 is 2.89 bits per heavy atom. The van der Waals surface area contributed by atoms with Crippen LogP contribution in [0, 0.1) is 0 Å². The Balaban J connectivity index is 1.69. The topological polar surface area (TPSA) is 64.4 Å². The van der Waals surface area contributed by atoms with Gasteiger partial charge in [-0.25, -0.2) is 4.98 Å². The summed E-state index contributed by atoms with van der Waals surface area (Å²) in [5.74, 6) is -0.00647. The van der Waals surface area contributed by atoms with Crippen LogP contribution in [0.3, 0.4) is 0 Å². The van der Waals surface area contributed by atoms with Crippen LogP contribution in [0.25, 0.3) is 0 Å². The molecule has 4 rings (SSSR count). The minimum absolute atomic E-state index is 0.00136. The first-order valence-corrected chi connectivity index (χ1v) is 9.74. The molecule has 7 heteroatoms. The van der Waals surface area contributed by atoms with Crippen LogP contribution in [0.5, 0.6) is 0 Å². The maximum Gasteiger partial charge on any atom is 0.302 e. The fourth-order valence-electron chi connectivity index (χ4n) is 4.01. The maximum atomic E-state index is 13.2. The summed E-state index contributed by atoms with van der Waals surface area (Å²) < 4.78 is 7.29. The fraction of sp³-hybridized carbons (Fsp3) is 0.450. The van der Waals surface area contributed by atoms with Crippen molar-refractivity contribution < 1.29 is 14.3 Å². The molecule has 0 spiro atoms. The molecule has 0 bridgehead atoms. The Labute approximate surface area is 163 Å². The lowest BCUT2D eigenvalue weighted by molar-refractivity contribution is -0.142. The van der Waals surface area contributed by atoms with Gasteiger partial charge in [-0.3, -0.25) is 14.5 Å². The molecule has 0 atom stereocenters. The van der Waals surface area contributed by atoms with Crippen LogP contribution in [0.15, 0.2) is 18.3 Å². The van der Waals surface area contributed by atoms with E-state index in [-0.39, 0.29) is 12.5 Å². The van der Waals surface area contributed by atoms with E-state index in [1.165, 1.54) is 37.4 Å². The second kappa shape index (κ2) is 7.35. The van der Waals surface area contributed by atoms with Gasteiger partial charge in [-0.1, -0.05) is 18.0 Å². The summed E-state index contributed by atoms with van der Waals surface area (Å²) in [5.41, 5.74) is 3.89. The zero-order chi connectivity index (χ0) is 19.0. The molecule has 27 heavy (non-hydrogen) atoms. The van der Waals surface area contributed by atoms with Crippen molar-refractivity contribution in [2.45, 2.75) is 52.2 Å². The van der Waals surface area contributed by atoms with Crippen molar-refractivity contribution in [3.05, 3.63) is 45.9 Å². The second-order valence-corrected chi connectivity index (χ2v) is 7.45. The van der Waals surface area contributed by atoms with Crippen LogP contribution < -0.4 is 4.90 Å². The average molecular weight is 388 g/mol. The van der Waals surface area contributed by atoms with Crippen LogP contribution in [0.1, 0.15) is 53.5 Å². The summed E-state index contributed by atoms with van der Waals surface area (Å²) in [6, 6.07) is 3.69. The van der Waals surface area contributed by atoms with Crippen LogP contribution in [-0.2, 0) is 35.5 Å². The molecule has 142 valence electrons. The van der Waals surface area contributed by atoms with Crippen molar-refractivity contribution in [3.8, 4) is 0 Å². The SMILES string of the molecule is CC(=O)OCc1c(Cl)ccnc1N1CCn2c(cc3c2CCCCC3)C1=O. The monoisotopic (exact) mass is 387 g/mol. The van der Waals surface area contributed by atoms with Crippen molar-refractivity contribution in [1.29, 1.82) is 0 Å². The lowest BCUT2D eigenvalue weighted by Gasteiger charge is -2.30. The number of rotatable bonds is 3. The minimum atomic E-state index is -0.400. The predicted octanol–water partition coefficient (Wildman–Crippen LogP) is 3.53. The van der Waals surface area contributed by atoms with Crippen LogP contribution >= 0.6 is 11.6 Å². The smallest absolute Gasteiger partial charge is 0.302 e. The summed E-state index contributed by atoms with van der Waals surface area (Å²) in [6.45, 7) is 2.60. The van der Waals surface area contributed by atoms with Gasteiger partial charge in [0.15, 0.2) is 0 Å². The van der Waals surface area contributed by atoms with E-state index in [0.717, 1.165) is 19.4 Å². The lowest BCUT2D eigenvalue weighted by atomic mass is 10.1. The van der Waals surface area contributed by atoms with E-state index in [4.69, 9.17) is 16.3 Å². The molecule has 0 saturated heterocycles. The number of amides is 1. The van der Waals surface area contributed by atoms with Gasteiger partial charge < -0.3 is 9.30 Å². The van der Waals surface area contributed by atoms with Crippen LogP contribution in [-0.4, -0.2) is 28.0 Å². The molecule has 2 aliphatic rings. The Hall–Kier alpha value is -2.34. The molecule has 0 unspecified atom stereocenters. The molecular formula is C20H22ClN3O3. The Morgan fingerprint density at radius 2 is 2.07 bits per heavy atom. The van der Waals surface area contributed by atoms with Crippen molar-refractivity contribution in [3.63, 3.8) is 0 Å². The summed E-state index contributed by atoms with van der Waals surface area (Å²) in [7, 11) is 0. The fourth-order valence-corrected chi connectivity index (χ4v) is 4.21. The quantitative estimate of drug-likeness (QED) is 0.597. The number of carbonyl (C=O) groups excluding carboxylic acids is 2. The van der Waals surface area contributed by atoms with Crippen LogP contribution in [0.2, 0.25) is 5.02 Å². The van der Waals surface area contributed by atoms with Gasteiger partial charge >= 0.3 is 5.97 Å². The number of nitrogens with zero attached hydrogens (tertiary/aromatic N) is 3. The van der Waals surface area contributed by atoms with Gasteiger partial charge in [-0.15, -0.1) is 0 Å². The third-order valence-electron chi connectivity index (χ3n) is 5.32. The molecule has 0 aromatic carbocycles. The van der Waals surface area contributed by atoms with Gasteiger partial charge in [0, 0.05) is 31.9 Å². The minimum Gasteiger partial charge on any atom is -0.461 e. The number of esters is 1. The number of halogens is 1. The first kappa shape index (κ1) is 18.0. The highest BCUT2D eigenvalue weighted by molar-refractivity contribution is 6.31. The van der Waals surface area contributed by atoms with Crippen molar-refractivity contribution in [2.75, 3.05) is 11.4 Å². The highest BCUT2D eigenvalue weighted by atomic mass is 35.5. The number of pyridine rings is 1. The standard InChI is InChI=1S/C20H22ClN3O3/c1-13(25)27-12-15-16(21)7-8-22-19(15)24-10-9-23-17-6-4-2-3-5-14(17)11-18(23)20(24)26/h7-8,11H,2-6,9-10,12H2,1H3. The molecule has 2 aromatic rings. The van der Waals surface area contributed by atoms with E-state index >= 15 is 0 Å². The normalized spacial score (nSPS) is 16.5. The van der Waals surface area contributed by atoms with E-state index in [1.54, 1.807) is 17.2 Å². The second-order valence-electron chi connectivity index (χ2n) is 7.05. The van der Waals surface area contributed by atoms with Crippen LogP contribution in [0.4, 0.5) is 5.82 Å². The molecule has 1 amide bonds. The maximum absolute atomic E-state index is 13.2. The zero-order valence-corrected chi connectivity index (χ0v) is 16.1. The Morgan fingerprint density at radius 1 is 1.26 bits per heavy atom. The van der Waals surface area contributed by atoms with Crippen molar-refractivity contribution in [2.24, 2.45) is 0 Å². The van der Waals surface area contributed by atoms with E-state index < -0.39 is 5.97 Å². The third-order valence-corrected chi connectivity index (χ3v) is 5.67. The van der Waals surface area contributed by atoms with Gasteiger partial charge in [-0.2, -0.15) is 0 Å². The van der Waals surface area contributed by atoms with E-state index in [1.807, 2.05) is 6.07 Å². The molecular weight excluding hydrogens is 366 g/mol. The number of aromatic nitrogens is 2. The molecule has 1 aliphatic heterocycles. The summed E-state index contributed by atoms with van der Waals surface area (Å²) >= 11 is 6.31. The number of aryl methyl sites for hydroxylation is 1. The lowest BCUT2D eigenvalue weighted by Crippen LogP contribution is -2.41. The molecule has 0 saturated carbocycles. The largest absolute Gasteiger partial charge is 0.461 e. The number of ether oxygens (including phenoxy) is 1. The van der Waals surface area contributed by atoms with Crippen molar-refractivity contribution in [1.82, 2.24) is 9.55 Å². The molecule has 0 radical (unpaired) electrons. The first-order chi connectivity index (χ1) is 13.1. The molecule has 3 heterocycles. The molecule has 0 N–H and O–H groups in total. The Kier molecular flexibility index (Phi) is 4.91. The number of carbonyl (C=O) groups is 2. The van der Waals surface area contributed by atoms with Gasteiger partial charge in [-0.05, 0) is 43.4 Å². The summed E-state index contributed by atoms with van der Waals surface area (Å²) in [5, 5.41) is 0.436. The average Bonchev–Trinajstić information content (AvgIpc) is 2.83. The highest BCUT2D eigenvalue weighted by Crippen LogP contribution is 2.32. The van der Waals surface area contributed by atoms with Gasteiger partial charge in [0.2, 0.25) is 0 Å². The van der Waals surface area contributed by atoms with E-state index in [0.29, 0.717) is 28.6 Å². The van der Waals surface area contributed by atoms with E-state index in [9.17, 15) is 9.59 Å². The predicted molar refractivity (Wildman–Crippen MR) is 102 cm³/mol. The van der Waals surface area contributed by atoms with Gasteiger partial charge in [0.1, 0.15) is 18.1 Å². The van der Waals surface area contributed by atoms with Gasteiger partial charge in [0.25, 0.3) is 5.91 Å². The summed E-state index contributed by atoms with van der Waals surface area (Å²) in [6.07, 6.45) is 7.25. The third kappa shape index (κ3) is 3.34. The van der Waals surface area contributed by atoms with Gasteiger partial charge in [0.05, 0.1) is 10.6 Å². The summed E-state index contributed by atoms with van der Waals surface area (Å²) in [4.78, 5) is 30.5. The number of anilines is 1. The molecule has 1 aliphatic carbocycles.